The average molecular weight is 579 g/mol. The number of carbonyl (C=O) groups is 2. The number of hydrogen-bond donors (Lipinski definition) is 2. The van der Waals surface area contributed by atoms with Gasteiger partial charge in [-0.15, -0.1) is 0 Å². The Bertz CT molecular complexity index is 1500. The van der Waals surface area contributed by atoms with Gasteiger partial charge in [0.1, 0.15) is 0 Å². The van der Waals surface area contributed by atoms with Crippen molar-refractivity contribution >= 4 is 35.1 Å². The first-order valence-corrected chi connectivity index (χ1v) is 13.9. The van der Waals surface area contributed by atoms with Crippen LogP contribution >= 0.6 is 23.2 Å². The first-order chi connectivity index (χ1) is 18.8. The largest absolute Gasteiger partial charge is 0.481 e. The van der Waals surface area contributed by atoms with Gasteiger partial charge in [0.25, 0.3) is 5.91 Å². The Kier molecular flexibility index (Phi) is 8.71. The zero-order valence-corrected chi connectivity index (χ0v) is 24.7. The van der Waals surface area contributed by atoms with Gasteiger partial charge in [0, 0.05) is 27.2 Å². The number of nitrogens with zero attached hydrogens (tertiary/aromatic N) is 2. The molecule has 0 aliphatic carbocycles. The zero-order chi connectivity index (χ0) is 29.2. The second-order valence-corrected chi connectivity index (χ2v) is 12.0. The van der Waals surface area contributed by atoms with Gasteiger partial charge in [0.05, 0.1) is 23.9 Å². The van der Waals surface area contributed by atoms with E-state index in [4.69, 9.17) is 33.4 Å². The minimum Gasteiger partial charge on any atom is -0.481 e. The Labute approximate surface area is 244 Å². The van der Waals surface area contributed by atoms with Crippen LogP contribution in [-0.2, 0) is 10.2 Å². The molecule has 40 heavy (non-hydrogen) atoms. The van der Waals surface area contributed by atoms with Crippen LogP contribution in [0, 0.1) is 0 Å². The summed E-state index contributed by atoms with van der Waals surface area (Å²) in [5, 5.41) is 17.7. The summed E-state index contributed by atoms with van der Waals surface area (Å²) in [4.78, 5) is 23.5. The molecule has 0 spiro atoms. The molecule has 0 aliphatic rings. The predicted molar refractivity (Wildman–Crippen MR) is 161 cm³/mol. The monoisotopic (exact) mass is 577 g/mol. The molecule has 2 N–H and O–H groups in total. The Morgan fingerprint density at radius 3 is 2.05 bits per heavy atom. The summed E-state index contributed by atoms with van der Waals surface area (Å²) in [6.07, 6.45) is -0.139. The second-order valence-electron chi connectivity index (χ2n) is 11.1. The van der Waals surface area contributed by atoms with Crippen LogP contribution in [0.3, 0.4) is 0 Å². The summed E-state index contributed by atoms with van der Waals surface area (Å²) in [5.41, 5.74) is 6.21. The molecular weight excluding hydrogens is 545 g/mol. The van der Waals surface area contributed by atoms with Gasteiger partial charge in [-0.05, 0) is 72.4 Å². The molecule has 3 aromatic carbocycles. The number of benzene rings is 3. The van der Waals surface area contributed by atoms with Crippen LogP contribution in [0.15, 0.2) is 72.8 Å². The van der Waals surface area contributed by atoms with E-state index in [-0.39, 0.29) is 23.8 Å². The topological polar surface area (TPSA) is 84.2 Å². The Hall–Kier alpha value is -3.61. The Morgan fingerprint density at radius 1 is 0.900 bits per heavy atom. The highest BCUT2D eigenvalue weighted by molar-refractivity contribution is 6.35. The highest BCUT2D eigenvalue weighted by Crippen LogP contribution is 2.34. The molecule has 0 fully saturated rings. The van der Waals surface area contributed by atoms with E-state index in [1.807, 2.05) is 35.0 Å². The predicted octanol–water partition coefficient (Wildman–Crippen LogP) is 8.02. The number of nitrogens with one attached hydrogen (secondary N) is 1. The average Bonchev–Trinajstić information content (AvgIpc) is 3.32. The normalized spacial score (nSPS) is 13.1. The van der Waals surface area contributed by atoms with Crippen molar-refractivity contribution in [2.45, 2.75) is 58.5 Å². The molecule has 0 radical (unpaired) electrons. The van der Waals surface area contributed by atoms with Crippen molar-refractivity contribution < 1.29 is 14.7 Å². The number of aliphatic carboxylic acids is 1. The lowest BCUT2D eigenvalue weighted by molar-refractivity contribution is -0.137. The van der Waals surface area contributed by atoms with Crippen LogP contribution in [0.2, 0.25) is 10.0 Å². The van der Waals surface area contributed by atoms with Crippen molar-refractivity contribution in [3.8, 4) is 22.5 Å². The third-order valence-electron chi connectivity index (χ3n) is 6.82. The van der Waals surface area contributed by atoms with Crippen LogP contribution in [0.5, 0.6) is 0 Å². The third kappa shape index (κ3) is 6.93. The molecule has 1 amide bonds. The number of hydrogen-bond acceptors (Lipinski definition) is 3. The van der Waals surface area contributed by atoms with E-state index in [1.54, 1.807) is 25.1 Å². The second kappa shape index (κ2) is 11.9. The molecule has 208 valence electrons. The van der Waals surface area contributed by atoms with E-state index >= 15 is 0 Å². The van der Waals surface area contributed by atoms with Crippen LogP contribution in [0.4, 0.5) is 0 Å². The molecule has 4 rings (SSSR count). The highest BCUT2D eigenvalue weighted by atomic mass is 35.5. The summed E-state index contributed by atoms with van der Waals surface area (Å²) in [5.74, 6) is -1.27. The zero-order valence-electron chi connectivity index (χ0n) is 23.2. The molecule has 4 aromatic rings. The van der Waals surface area contributed by atoms with Crippen molar-refractivity contribution in [2.24, 2.45) is 0 Å². The van der Waals surface area contributed by atoms with Crippen LogP contribution in [0.25, 0.3) is 22.5 Å². The number of carboxylic acids is 1. The van der Waals surface area contributed by atoms with E-state index in [9.17, 15) is 9.59 Å². The van der Waals surface area contributed by atoms with E-state index in [0.717, 1.165) is 28.1 Å². The number of carboxylic acid groups (broad SMARTS) is 1. The molecular formula is C32H33Cl2N3O3. The minimum atomic E-state index is -0.959. The summed E-state index contributed by atoms with van der Waals surface area (Å²) < 4.78 is 1.97. The highest BCUT2D eigenvalue weighted by Gasteiger charge is 2.20. The molecule has 0 saturated carbocycles. The van der Waals surface area contributed by atoms with Crippen molar-refractivity contribution in [2.75, 3.05) is 0 Å². The fourth-order valence-electron chi connectivity index (χ4n) is 4.56. The Morgan fingerprint density at radius 2 is 1.50 bits per heavy atom. The fourth-order valence-corrected chi connectivity index (χ4v) is 5.09. The van der Waals surface area contributed by atoms with Gasteiger partial charge in [-0.2, -0.15) is 5.10 Å². The maximum absolute atomic E-state index is 12.6. The number of carbonyl (C=O) groups excluding carboxylic acids is 1. The van der Waals surface area contributed by atoms with Crippen LogP contribution in [-0.4, -0.2) is 32.8 Å². The van der Waals surface area contributed by atoms with Gasteiger partial charge in [0.15, 0.2) is 0 Å². The van der Waals surface area contributed by atoms with E-state index in [1.165, 1.54) is 5.56 Å². The number of aromatic nitrogens is 2. The molecule has 0 aliphatic heterocycles. The van der Waals surface area contributed by atoms with Gasteiger partial charge in [-0.1, -0.05) is 80.4 Å². The van der Waals surface area contributed by atoms with Crippen molar-refractivity contribution in [3.05, 3.63) is 99.5 Å². The standard InChI is InChI=1S/C32H33Cl2N3O3/c1-19(14-30(38)39)35-31(40)23-8-6-21(7-9-23)20(2)37-29(22-10-12-25(13-11-22)32(3,4)5)18-28(36-37)24-15-26(33)17-27(34)16-24/h6-13,15-20H,14H2,1-5H3,(H,35,40)(H,38,39). The van der Waals surface area contributed by atoms with Gasteiger partial charge < -0.3 is 10.4 Å². The lowest BCUT2D eigenvalue weighted by atomic mass is 9.86. The molecule has 2 atom stereocenters. The van der Waals surface area contributed by atoms with Crippen molar-refractivity contribution in [1.29, 1.82) is 0 Å². The van der Waals surface area contributed by atoms with E-state index in [2.05, 4.69) is 57.3 Å². The number of amides is 1. The summed E-state index contributed by atoms with van der Waals surface area (Å²) >= 11 is 12.6. The molecule has 2 unspecified atom stereocenters. The van der Waals surface area contributed by atoms with Crippen molar-refractivity contribution in [1.82, 2.24) is 15.1 Å². The SMILES string of the molecule is CC(CC(=O)O)NC(=O)c1ccc(C(C)n2nc(-c3cc(Cl)cc(Cl)c3)cc2-c2ccc(C(C)(C)C)cc2)cc1. The summed E-state index contributed by atoms with van der Waals surface area (Å²) in [6, 6.07) is 22.6. The van der Waals surface area contributed by atoms with Crippen LogP contribution in [0.1, 0.15) is 68.6 Å². The smallest absolute Gasteiger partial charge is 0.305 e. The molecule has 0 saturated heterocycles. The van der Waals surface area contributed by atoms with Gasteiger partial charge >= 0.3 is 5.97 Å². The quantitative estimate of drug-likeness (QED) is 0.222. The summed E-state index contributed by atoms with van der Waals surface area (Å²) in [6.45, 7) is 10.3. The molecule has 0 bridgehead atoms. The lowest BCUT2D eigenvalue weighted by Gasteiger charge is -2.20. The number of rotatable bonds is 8. The maximum atomic E-state index is 12.6. The first kappa shape index (κ1) is 29.4. The number of halogens is 2. The van der Waals surface area contributed by atoms with E-state index < -0.39 is 12.0 Å². The van der Waals surface area contributed by atoms with Crippen molar-refractivity contribution in [3.63, 3.8) is 0 Å². The molecule has 8 heteroatoms. The lowest BCUT2D eigenvalue weighted by Crippen LogP contribution is -2.34. The van der Waals surface area contributed by atoms with E-state index in [0.29, 0.717) is 15.6 Å². The van der Waals surface area contributed by atoms with Gasteiger partial charge in [0.2, 0.25) is 0 Å². The maximum Gasteiger partial charge on any atom is 0.305 e. The molecule has 6 nitrogen and oxygen atoms in total. The minimum absolute atomic E-state index is 0.0359. The first-order valence-electron chi connectivity index (χ1n) is 13.1. The Balaban J connectivity index is 1.70. The molecule has 1 aromatic heterocycles. The van der Waals surface area contributed by atoms with Gasteiger partial charge in [-0.25, -0.2) is 0 Å². The van der Waals surface area contributed by atoms with Crippen LogP contribution < -0.4 is 5.32 Å². The van der Waals surface area contributed by atoms with Gasteiger partial charge in [-0.3, -0.25) is 14.3 Å². The summed E-state index contributed by atoms with van der Waals surface area (Å²) in [7, 11) is 0. The molecule has 1 heterocycles. The third-order valence-corrected chi connectivity index (χ3v) is 7.26. The fraction of sp³-hybridized carbons (Fsp3) is 0.281.